The van der Waals surface area contributed by atoms with Gasteiger partial charge in [0.15, 0.2) is 0 Å². The Bertz CT molecular complexity index is 856. The van der Waals surface area contributed by atoms with Gasteiger partial charge in [-0.3, -0.25) is 9.78 Å². The van der Waals surface area contributed by atoms with Crippen LogP contribution >= 0.6 is 12.4 Å². The van der Waals surface area contributed by atoms with E-state index in [1.54, 1.807) is 24.4 Å². The van der Waals surface area contributed by atoms with Crippen LogP contribution in [0.5, 0.6) is 0 Å². The van der Waals surface area contributed by atoms with Gasteiger partial charge in [-0.15, -0.1) is 12.4 Å². The monoisotopic (exact) mass is 325 g/mol. The molecule has 0 aliphatic carbocycles. The molecular weight excluding hydrogens is 310 g/mol. The number of aromatic nitrogens is 1. The predicted molar refractivity (Wildman–Crippen MR) is 97.5 cm³/mol. The van der Waals surface area contributed by atoms with Crippen molar-refractivity contribution in [3.63, 3.8) is 0 Å². The molecule has 4 nitrogen and oxygen atoms in total. The van der Waals surface area contributed by atoms with E-state index in [-0.39, 0.29) is 18.3 Å². The number of nitrogens with two attached hydrogens (primary N) is 1. The molecule has 0 saturated heterocycles. The summed E-state index contributed by atoms with van der Waals surface area (Å²) < 4.78 is 0. The fourth-order valence-corrected chi connectivity index (χ4v) is 2.21. The van der Waals surface area contributed by atoms with Crippen LogP contribution in [0.1, 0.15) is 5.56 Å². The van der Waals surface area contributed by atoms with Crippen molar-refractivity contribution in [3.8, 4) is 0 Å². The quantitative estimate of drug-likeness (QED) is 0.567. The van der Waals surface area contributed by atoms with E-state index >= 15 is 0 Å². The summed E-state index contributed by atoms with van der Waals surface area (Å²) in [5.74, 6) is -0.196. The molecule has 0 radical (unpaired) electrons. The van der Waals surface area contributed by atoms with E-state index in [1.165, 1.54) is 6.08 Å². The lowest BCUT2D eigenvalue weighted by Gasteiger charge is -2.06. The Labute approximate surface area is 140 Å². The number of para-hydroxylation sites is 1. The van der Waals surface area contributed by atoms with Crippen molar-refractivity contribution in [2.45, 2.75) is 0 Å². The van der Waals surface area contributed by atoms with Crippen LogP contribution in [-0.2, 0) is 4.79 Å². The van der Waals surface area contributed by atoms with Gasteiger partial charge in [-0.05, 0) is 35.9 Å². The maximum absolute atomic E-state index is 12.1. The lowest BCUT2D eigenvalue weighted by molar-refractivity contribution is -0.111. The van der Waals surface area contributed by atoms with Gasteiger partial charge in [0.25, 0.3) is 0 Å². The number of hydrogen-bond donors (Lipinski definition) is 2. The summed E-state index contributed by atoms with van der Waals surface area (Å²) in [6.45, 7) is 0. The topological polar surface area (TPSA) is 68.0 Å². The highest BCUT2D eigenvalue weighted by atomic mass is 35.5. The number of anilines is 2. The third-order valence-electron chi connectivity index (χ3n) is 3.24. The molecule has 0 aliphatic heterocycles. The molecule has 5 heteroatoms. The minimum absolute atomic E-state index is 0. The van der Waals surface area contributed by atoms with Crippen molar-refractivity contribution < 1.29 is 4.79 Å². The van der Waals surface area contributed by atoms with Gasteiger partial charge in [0.05, 0.1) is 11.2 Å². The number of halogens is 1. The largest absolute Gasteiger partial charge is 0.399 e. The molecule has 3 aromatic rings. The molecule has 1 aromatic heterocycles. The number of hydrogen-bond acceptors (Lipinski definition) is 3. The highest BCUT2D eigenvalue weighted by Crippen LogP contribution is 2.20. The van der Waals surface area contributed by atoms with Crippen molar-refractivity contribution in [3.05, 3.63) is 72.4 Å². The average molecular weight is 326 g/mol. The number of carbonyl (C=O) groups is 1. The zero-order chi connectivity index (χ0) is 15.4. The van der Waals surface area contributed by atoms with Crippen LogP contribution in [0, 0.1) is 0 Å². The number of benzene rings is 2. The maximum atomic E-state index is 12.1. The number of nitrogens with one attached hydrogen (secondary N) is 1. The second kappa shape index (κ2) is 7.42. The van der Waals surface area contributed by atoms with E-state index in [2.05, 4.69) is 10.3 Å². The van der Waals surface area contributed by atoms with Gasteiger partial charge in [-0.25, -0.2) is 0 Å². The smallest absolute Gasteiger partial charge is 0.248 e. The molecule has 3 N–H and O–H groups in total. The number of pyridine rings is 1. The minimum atomic E-state index is -0.196. The van der Waals surface area contributed by atoms with Gasteiger partial charge in [0.1, 0.15) is 0 Å². The van der Waals surface area contributed by atoms with E-state index in [1.807, 2.05) is 42.5 Å². The van der Waals surface area contributed by atoms with Crippen LogP contribution < -0.4 is 11.1 Å². The van der Waals surface area contributed by atoms with E-state index < -0.39 is 0 Å². The van der Waals surface area contributed by atoms with Gasteiger partial charge < -0.3 is 11.1 Å². The first-order chi connectivity index (χ1) is 10.7. The fourth-order valence-electron chi connectivity index (χ4n) is 2.21. The fraction of sp³-hybridized carbons (Fsp3) is 0. The standard InChI is InChI=1S/C18H15N3O.ClH/c19-14-5-3-4-13(12-14)8-9-18(22)21-17-10-11-20-16-7-2-1-6-15(16)17;/h1-12H,19H2,(H,20,21,22);1H. The summed E-state index contributed by atoms with van der Waals surface area (Å²) >= 11 is 0. The Morgan fingerprint density at radius 1 is 1.09 bits per heavy atom. The molecule has 0 atom stereocenters. The second-order valence-corrected chi connectivity index (χ2v) is 4.87. The van der Waals surface area contributed by atoms with Crippen LogP contribution in [0.25, 0.3) is 17.0 Å². The second-order valence-electron chi connectivity index (χ2n) is 4.87. The van der Waals surface area contributed by atoms with E-state index in [4.69, 9.17) is 5.73 Å². The molecule has 23 heavy (non-hydrogen) atoms. The Balaban J connectivity index is 0.00000192. The van der Waals surface area contributed by atoms with Gasteiger partial charge >= 0.3 is 0 Å². The Morgan fingerprint density at radius 3 is 2.74 bits per heavy atom. The molecule has 0 aliphatic rings. The number of amides is 1. The molecule has 3 rings (SSSR count). The SMILES string of the molecule is Cl.Nc1cccc(C=CC(=O)Nc2ccnc3ccccc23)c1. The molecule has 2 aromatic carbocycles. The lowest BCUT2D eigenvalue weighted by Crippen LogP contribution is -2.08. The highest BCUT2D eigenvalue weighted by molar-refractivity contribution is 6.06. The Morgan fingerprint density at radius 2 is 1.91 bits per heavy atom. The van der Waals surface area contributed by atoms with Crippen molar-refractivity contribution in [2.24, 2.45) is 0 Å². The predicted octanol–water partition coefficient (Wildman–Crippen LogP) is 3.89. The molecule has 1 amide bonds. The van der Waals surface area contributed by atoms with E-state index in [0.29, 0.717) is 5.69 Å². The third kappa shape index (κ3) is 4.08. The van der Waals surface area contributed by atoms with Gasteiger partial charge in [-0.2, -0.15) is 0 Å². The molecule has 1 heterocycles. The molecule has 116 valence electrons. The highest BCUT2D eigenvalue weighted by Gasteiger charge is 2.03. The summed E-state index contributed by atoms with van der Waals surface area (Å²) in [7, 11) is 0. The third-order valence-corrected chi connectivity index (χ3v) is 3.24. The summed E-state index contributed by atoms with van der Waals surface area (Å²) in [6.07, 6.45) is 4.90. The van der Waals surface area contributed by atoms with Crippen LogP contribution in [0.2, 0.25) is 0 Å². The Kier molecular flexibility index (Phi) is 5.33. The Hall–Kier alpha value is -2.85. The first kappa shape index (κ1) is 16.5. The van der Waals surface area contributed by atoms with E-state index in [9.17, 15) is 4.79 Å². The number of nitrogens with zero attached hydrogens (tertiary/aromatic N) is 1. The van der Waals surface area contributed by atoms with Gasteiger partial charge in [-0.1, -0.05) is 30.3 Å². The average Bonchev–Trinajstić information content (AvgIpc) is 2.53. The van der Waals surface area contributed by atoms with Gasteiger partial charge in [0, 0.05) is 23.3 Å². The van der Waals surface area contributed by atoms with Crippen molar-refractivity contribution in [2.75, 3.05) is 11.1 Å². The van der Waals surface area contributed by atoms with Crippen LogP contribution in [0.4, 0.5) is 11.4 Å². The number of rotatable bonds is 3. The van der Waals surface area contributed by atoms with Gasteiger partial charge in [0.2, 0.25) is 5.91 Å². The molecule has 0 fully saturated rings. The van der Waals surface area contributed by atoms with Crippen molar-refractivity contribution in [1.29, 1.82) is 0 Å². The molecule has 0 saturated carbocycles. The van der Waals surface area contributed by atoms with Crippen LogP contribution in [0.15, 0.2) is 66.9 Å². The number of fused-ring (bicyclic) bond motifs is 1. The summed E-state index contributed by atoms with van der Waals surface area (Å²) in [6, 6.07) is 16.8. The zero-order valence-corrected chi connectivity index (χ0v) is 13.1. The molecule has 0 spiro atoms. The molecule has 0 unspecified atom stereocenters. The summed E-state index contributed by atoms with van der Waals surface area (Å²) in [5.41, 5.74) is 8.85. The van der Waals surface area contributed by atoms with Crippen LogP contribution in [-0.4, -0.2) is 10.9 Å². The van der Waals surface area contributed by atoms with Crippen molar-refractivity contribution >= 4 is 46.7 Å². The van der Waals surface area contributed by atoms with Crippen molar-refractivity contribution in [1.82, 2.24) is 4.98 Å². The maximum Gasteiger partial charge on any atom is 0.248 e. The van der Waals surface area contributed by atoms with Crippen LogP contribution in [0.3, 0.4) is 0 Å². The number of carbonyl (C=O) groups excluding carboxylic acids is 1. The first-order valence-electron chi connectivity index (χ1n) is 6.91. The minimum Gasteiger partial charge on any atom is -0.399 e. The molecular formula is C18H16ClN3O. The number of nitrogen functional groups attached to an aromatic ring is 1. The zero-order valence-electron chi connectivity index (χ0n) is 12.3. The normalized spacial score (nSPS) is 10.4. The lowest BCUT2D eigenvalue weighted by atomic mass is 10.1. The molecule has 0 bridgehead atoms. The first-order valence-corrected chi connectivity index (χ1v) is 6.91. The summed E-state index contributed by atoms with van der Waals surface area (Å²) in [5, 5.41) is 3.79. The summed E-state index contributed by atoms with van der Waals surface area (Å²) in [4.78, 5) is 16.3. The van der Waals surface area contributed by atoms with E-state index in [0.717, 1.165) is 22.2 Å².